The van der Waals surface area contributed by atoms with E-state index < -0.39 is 0 Å². The Kier molecular flexibility index (Phi) is 5.36. The van der Waals surface area contributed by atoms with Crippen molar-refractivity contribution < 1.29 is 3.44 Å². The Morgan fingerprint density at radius 3 is 1.73 bits per heavy atom. The van der Waals surface area contributed by atoms with Gasteiger partial charge in [0.1, 0.15) is 23.0 Å². The summed E-state index contributed by atoms with van der Waals surface area (Å²) in [5, 5.41) is 0. The van der Waals surface area contributed by atoms with Gasteiger partial charge in [-0.25, -0.2) is 0 Å². The van der Waals surface area contributed by atoms with E-state index in [1.54, 1.807) is 0 Å². The van der Waals surface area contributed by atoms with E-state index in [-0.39, 0.29) is 0 Å². The molecule has 1 nitrogen and oxygen atoms in total. The van der Waals surface area contributed by atoms with Gasteiger partial charge in [0.05, 0.1) is 0 Å². The van der Waals surface area contributed by atoms with Crippen LogP contribution in [0.15, 0.2) is 54.6 Å². The van der Waals surface area contributed by atoms with Crippen LogP contribution in [-0.4, -0.2) is 3.44 Å². The van der Waals surface area contributed by atoms with Gasteiger partial charge in [-0.05, 0) is 18.1 Å². The van der Waals surface area contributed by atoms with Gasteiger partial charge in [0.15, 0.2) is 0 Å². The summed E-state index contributed by atoms with van der Waals surface area (Å²) in [7, 11) is 0. The first-order valence-electron chi connectivity index (χ1n) is 4.65. The Morgan fingerprint density at radius 2 is 1.20 bits per heavy atom. The smallest absolute Gasteiger partial charge is 0.106 e. The topological polar surface area (TPSA) is 20.2 Å². The summed E-state index contributed by atoms with van der Waals surface area (Å²) in [4.78, 5) is 0. The molecule has 0 amide bonds. The van der Waals surface area contributed by atoms with Crippen molar-refractivity contribution in [1.82, 2.24) is 0 Å². The maximum Gasteiger partial charge on any atom is 0.106 e. The lowest BCUT2D eigenvalue weighted by atomic mass is 10.0. The molecule has 0 bridgehead atoms. The van der Waals surface area contributed by atoms with Gasteiger partial charge in [0.25, 0.3) is 0 Å². The molecule has 2 rings (SSSR count). The van der Waals surface area contributed by atoms with Crippen LogP contribution in [0.4, 0.5) is 0 Å². The summed E-state index contributed by atoms with van der Waals surface area (Å²) < 4.78 is 6.97. The van der Waals surface area contributed by atoms with Crippen LogP contribution in [0.5, 0.6) is 0 Å². The number of hydrogen-bond acceptors (Lipinski definition) is 1. The number of rotatable bonds is 1. The maximum absolute atomic E-state index is 6.97. The summed E-state index contributed by atoms with van der Waals surface area (Å²) in [5.74, 6) is 0. The average molecular weight is 312 g/mol. The normalized spacial score (nSPS) is 9.00. The molecule has 0 saturated heterocycles. The standard InChI is InChI=1S/C13H12.HIO/c1-11-7-9-13(10-8-11)12-5-3-2-4-6-12;1-2/h2-10H,1H3;2H. The number of halogens is 1. The molecule has 0 spiro atoms. The zero-order valence-corrected chi connectivity index (χ0v) is 10.7. The Morgan fingerprint density at radius 1 is 0.733 bits per heavy atom. The van der Waals surface area contributed by atoms with Crippen LogP contribution in [0, 0.1) is 6.92 Å². The van der Waals surface area contributed by atoms with Crippen molar-refractivity contribution in [3.8, 4) is 11.1 Å². The van der Waals surface area contributed by atoms with Gasteiger partial charge in [-0.1, -0.05) is 60.2 Å². The predicted octanol–water partition coefficient (Wildman–Crippen LogP) is 3.99. The Hall–Kier alpha value is -0.870. The Balaban J connectivity index is 0.000000531. The highest BCUT2D eigenvalue weighted by Crippen LogP contribution is 2.18. The fraction of sp³-hybridized carbons (Fsp3) is 0.0769. The summed E-state index contributed by atoms with van der Waals surface area (Å²) >= 11 is 1.15. The minimum Gasteiger partial charge on any atom is -0.331 e. The Labute approximate surface area is 104 Å². The first kappa shape index (κ1) is 12.2. The monoisotopic (exact) mass is 312 g/mol. The second-order valence-electron chi connectivity index (χ2n) is 3.23. The van der Waals surface area contributed by atoms with Gasteiger partial charge in [0.2, 0.25) is 0 Å². The second-order valence-corrected chi connectivity index (χ2v) is 3.23. The van der Waals surface area contributed by atoms with E-state index in [0.29, 0.717) is 0 Å². The molecule has 0 unspecified atom stereocenters. The summed E-state index contributed by atoms with van der Waals surface area (Å²) in [6.45, 7) is 2.11. The molecular weight excluding hydrogens is 299 g/mol. The fourth-order valence-electron chi connectivity index (χ4n) is 1.38. The largest absolute Gasteiger partial charge is 0.331 e. The van der Waals surface area contributed by atoms with Crippen LogP contribution >= 0.6 is 23.0 Å². The number of benzene rings is 2. The summed E-state index contributed by atoms with van der Waals surface area (Å²) in [6, 6.07) is 19.0. The van der Waals surface area contributed by atoms with Crippen LogP contribution in [-0.2, 0) is 0 Å². The molecule has 0 atom stereocenters. The van der Waals surface area contributed by atoms with E-state index in [9.17, 15) is 0 Å². The summed E-state index contributed by atoms with van der Waals surface area (Å²) in [6.07, 6.45) is 0. The van der Waals surface area contributed by atoms with Gasteiger partial charge >= 0.3 is 0 Å². The molecule has 2 heteroatoms. The zero-order valence-electron chi connectivity index (χ0n) is 8.52. The molecule has 0 aromatic heterocycles. The SMILES string of the molecule is Cc1ccc(-c2ccccc2)cc1.OI. The Bertz CT molecular complexity index is 381. The van der Waals surface area contributed by atoms with Crippen LogP contribution in [0.1, 0.15) is 5.56 Å². The van der Waals surface area contributed by atoms with Crippen molar-refractivity contribution in [2.75, 3.05) is 0 Å². The average Bonchev–Trinajstić information content (AvgIpc) is 2.34. The molecule has 0 fully saturated rings. The van der Waals surface area contributed by atoms with E-state index in [2.05, 4.69) is 55.5 Å². The van der Waals surface area contributed by atoms with E-state index in [0.717, 1.165) is 23.0 Å². The molecule has 0 aliphatic carbocycles. The van der Waals surface area contributed by atoms with Crippen LogP contribution in [0.25, 0.3) is 11.1 Å². The van der Waals surface area contributed by atoms with Gasteiger partial charge in [-0.15, -0.1) is 0 Å². The number of aryl methyl sites for hydroxylation is 1. The molecule has 1 N–H and O–H groups in total. The quantitative estimate of drug-likeness (QED) is 0.790. The predicted molar refractivity (Wildman–Crippen MR) is 72.9 cm³/mol. The van der Waals surface area contributed by atoms with E-state index in [1.165, 1.54) is 16.7 Å². The van der Waals surface area contributed by atoms with Gasteiger partial charge < -0.3 is 3.44 Å². The molecule has 0 aliphatic rings. The fourth-order valence-corrected chi connectivity index (χ4v) is 1.38. The zero-order chi connectivity index (χ0) is 11.1. The lowest BCUT2D eigenvalue weighted by molar-refractivity contribution is 0.748. The van der Waals surface area contributed by atoms with Gasteiger partial charge in [-0.2, -0.15) is 0 Å². The maximum atomic E-state index is 6.97. The third kappa shape index (κ3) is 3.64. The lowest BCUT2D eigenvalue weighted by Crippen LogP contribution is -1.76. The van der Waals surface area contributed by atoms with Gasteiger partial charge in [-0.3, -0.25) is 0 Å². The lowest BCUT2D eigenvalue weighted by Gasteiger charge is -2.00. The molecular formula is C13H13IO. The second kappa shape index (κ2) is 6.58. The molecule has 2 aromatic rings. The van der Waals surface area contributed by atoms with Crippen molar-refractivity contribution >= 4 is 23.0 Å². The van der Waals surface area contributed by atoms with Gasteiger partial charge in [0, 0.05) is 0 Å². The third-order valence-corrected chi connectivity index (χ3v) is 2.16. The van der Waals surface area contributed by atoms with Crippen LogP contribution in [0.3, 0.4) is 0 Å². The van der Waals surface area contributed by atoms with Crippen molar-refractivity contribution in [3.05, 3.63) is 60.2 Å². The number of hydrogen-bond donors (Lipinski definition) is 1. The van der Waals surface area contributed by atoms with Crippen molar-refractivity contribution in [3.63, 3.8) is 0 Å². The molecule has 0 radical (unpaired) electrons. The van der Waals surface area contributed by atoms with E-state index in [1.807, 2.05) is 6.07 Å². The van der Waals surface area contributed by atoms with Crippen LogP contribution < -0.4 is 0 Å². The highest BCUT2D eigenvalue weighted by molar-refractivity contribution is 14.1. The molecule has 2 aromatic carbocycles. The highest BCUT2D eigenvalue weighted by atomic mass is 127. The first-order valence-corrected chi connectivity index (χ1v) is 5.62. The van der Waals surface area contributed by atoms with E-state index >= 15 is 0 Å². The third-order valence-electron chi connectivity index (χ3n) is 2.16. The first-order chi connectivity index (χ1) is 7.36. The molecule has 15 heavy (non-hydrogen) atoms. The molecule has 78 valence electrons. The van der Waals surface area contributed by atoms with Crippen molar-refractivity contribution in [2.45, 2.75) is 6.92 Å². The van der Waals surface area contributed by atoms with Crippen LogP contribution in [0.2, 0.25) is 0 Å². The minimum atomic E-state index is 1.15. The highest BCUT2D eigenvalue weighted by Gasteiger charge is 1.93. The van der Waals surface area contributed by atoms with Crippen molar-refractivity contribution in [1.29, 1.82) is 0 Å². The summed E-state index contributed by atoms with van der Waals surface area (Å²) in [5.41, 5.74) is 3.87. The molecule has 0 aliphatic heterocycles. The van der Waals surface area contributed by atoms with E-state index in [4.69, 9.17) is 3.44 Å². The van der Waals surface area contributed by atoms with Crippen molar-refractivity contribution in [2.24, 2.45) is 0 Å². The molecule has 0 heterocycles. The molecule has 0 saturated carbocycles. The minimum absolute atomic E-state index is 1.15.